The number of hydrogen-bond acceptors (Lipinski definition) is 2. The Morgan fingerprint density at radius 1 is 1.18 bits per heavy atom. The van der Waals surface area contributed by atoms with E-state index in [2.05, 4.69) is 44.3 Å². The van der Waals surface area contributed by atoms with Gasteiger partial charge in [0.15, 0.2) is 0 Å². The molecule has 0 aliphatic carbocycles. The van der Waals surface area contributed by atoms with E-state index < -0.39 is 0 Å². The van der Waals surface area contributed by atoms with Gasteiger partial charge < -0.3 is 10.1 Å². The van der Waals surface area contributed by atoms with Gasteiger partial charge in [-0.05, 0) is 30.2 Å². The minimum absolute atomic E-state index is 0.674. The quantitative estimate of drug-likeness (QED) is 0.743. The lowest BCUT2D eigenvalue weighted by atomic mass is 10.1. The second kappa shape index (κ2) is 8.13. The van der Waals surface area contributed by atoms with E-state index >= 15 is 0 Å². The van der Waals surface area contributed by atoms with Crippen molar-refractivity contribution in [2.45, 2.75) is 40.2 Å². The van der Waals surface area contributed by atoms with Gasteiger partial charge in [-0.2, -0.15) is 0 Å². The molecule has 17 heavy (non-hydrogen) atoms. The molecule has 1 aromatic carbocycles. The van der Waals surface area contributed by atoms with Crippen molar-refractivity contribution >= 4 is 0 Å². The van der Waals surface area contributed by atoms with Crippen LogP contribution in [0.3, 0.4) is 0 Å². The second-order valence-electron chi connectivity index (χ2n) is 4.42. The van der Waals surface area contributed by atoms with Crippen LogP contribution in [0.4, 0.5) is 0 Å². The van der Waals surface area contributed by atoms with Crippen LogP contribution in [0.5, 0.6) is 5.75 Å². The molecule has 0 radical (unpaired) electrons. The van der Waals surface area contributed by atoms with E-state index in [1.807, 2.05) is 6.07 Å². The summed E-state index contributed by atoms with van der Waals surface area (Å²) in [6, 6.07) is 8.37. The Kier molecular flexibility index (Phi) is 6.71. The Hall–Kier alpha value is -1.02. The molecule has 0 spiro atoms. The molecule has 0 saturated heterocycles. The minimum Gasteiger partial charge on any atom is -0.493 e. The SMILES string of the molecule is CCNCc1cccc(OCC(CC)CC)c1. The highest BCUT2D eigenvalue weighted by molar-refractivity contribution is 5.28. The average molecular weight is 235 g/mol. The summed E-state index contributed by atoms with van der Waals surface area (Å²) in [4.78, 5) is 0. The predicted molar refractivity (Wildman–Crippen MR) is 73.4 cm³/mol. The van der Waals surface area contributed by atoms with Crippen molar-refractivity contribution in [3.8, 4) is 5.75 Å². The normalized spacial score (nSPS) is 10.8. The van der Waals surface area contributed by atoms with Gasteiger partial charge in [-0.15, -0.1) is 0 Å². The minimum atomic E-state index is 0.674. The van der Waals surface area contributed by atoms with Crippen LogP contribution < -0.4 is 10.1 Å². The van der Waals surface area contributed by atoms with Crippen molar-refractivity contribution in [1.29, 1.82) is 0 Å². The second-order valence-corrected chi connectivity index (χ2v) is 4.42. The fourth-order valence-corrected chi connectivity index (χ4v) is 1.75. The van der Waals surface area contributed by atoms with Crippen LogP contribution in [0.25, 0.3) is 0 Å². The zero-order valence-corrected chi connectivity index (χ0v) is 11.3. The molecule has 96 valence electrons. The maximum absolute atomic E-state index is 5.84. The molecule has 0 aromatic heterocycles. The number of rotatable bonds is 8. The molecule has 0 atom stereocenters. The third kappa shape index (κ3) is 5.22. The lowest BCUT2D eigenvalue weighted by molar-refractivity contribution is 0.240. The fourth-order valence-electron chi connectivity index (χ4n) is 1.75. The van der Waals surface area contributed by atoms with Gasteiger partial charge in [0.05, 0.1) is 6.61 Å². The molecule has 1 aromatic rings. The highest BCUT2D eigenvalue weighted by Gasteiger charge is 2.04. The Morgan fingerprint density at radius 2 is 1.94 bits per heavy atom. The van der Waals surface area contributed by atoms with Gasteiger partial charge >= 0.3 is 0 Å². The highest BCUT2D eigenvalue weighted by atomic mass is 16.5. The van der Waals surface area contributed by atoms with Gasteiger partial charge in [0.1, 0.15) is 5.75 Å². The van der Waals surface area contributed by atoms with Crippen molar-refractivity contribution in [3.05, 3.63) is 29.8 Å². The monoisotopic (exact) mass is 235 g/mol. The summed E-state index contributed by atoms with van der Waals surface area (Å²) in [6.07, 6.45) is 2.38. The first-order valence-electron chi connectivity index (χ1n) is 6.72. The van der Waals surface area contributed by atoms with Gasteiger partial charge in [0.2, 0.25) is 0 Å². The van der Waals surface area contributed by atoms with Crippen molar-refractivity contribution < 1.29 is 4.74 Å². The number of benzene rings is 1. The largest absolute Gasteiger partial charge is 0.493 e. The van der Waals surface area contributed by atoms with Gasteiger partial charge in [0.25, 0.3) is 0 Å². The zero-order valence-electron chi connectivity index (χ0n) is 11.3. The Morgan fingerprint density at radius 3 is 2.59 bits per heavy atom. The molecule has 0 bridgehead atoms. The summed E-state index contributed by atoms with van der Waals surface area (Å²) in [7, 11) is 0. The first-order chi connectivity index (χ1) is 8.30. The number of hydrogen-bond donors (Lipinski definition) is 1. The van der Waals surface area contributed by atoms with E-state index in [9.17, 15) is 0 Å². The predicted octanol–water partition coefficient (Wildman–Crippen LogP) is 3.61. The third-order valence-electron chi connectivity index (χ3n) is 3.12. The summed E-state index contributed by atoms with van der Waals surface area (Å²) in [5, 5.41) is 3.32. The lowest BCUT2D eigenvalue weighted by Gasteiger charge is -2.14. The summed E-state index contributed by atoms with van der Waals surface area (Å²) in [5.74, 6) is 1.67. The lowest BCUT2D eigenvalue weighted by Crippen LogP contribution is -2.12. The van der Waals surface area contributed by atoms with Crippen LogP contribution in [0.15, 0.2) is 24.3 Å². The number of ether oxygens (including phenoxy) is 1. The van der Waals surface area contributed by atoms with E-state index in [0.717, 1.165) is 25.4 Å². The number of nitrogens with one attached hydrogen (secondary N) is 1. The summed E-state index contributed by atoms with van der Waals surface area (Å²) >= 11 is 0. The first kappa shape index (κ1) is 14.0. The van der Waals surface area contributed by atoms with Gasteiger partial charge in [-0.3, -0.25) is 0 Å². The van der Waals surface area contributed by atoms with E-state index in [-0.39, 0.29) is 0 Å². The van der Waals surface area contributed by atoms with Crippen LogP contribution in [-0.2, 0) is 6.54 Å². The maximum atomic E-state index is 5.84. The molecule has 0 heterocycles. The molecule has 0 fully saturated rings. The Labute approximate surface area is 105 Å². The van der Waals surface area contributed by atoms with Crippen molar-refractivity contribution in [2.75, 3.05) is 13.2 Å². The Bertz CT molecular complexity index is 308. The topological polar surface area (TPSA) is 21.3 Å². The zero-order chi connectivity index (χ0) is 12.5. The van der Waals surface area contributed by atoms with Gasteiger partial charge in [-0.1, -0.05) is 45.7 Å². The van der Waals surface area contributed by atoms with Crippen LogP contribution in [-0.4, -0.2) is 13.2 Å². The summed E-state index contributed by atoms with van der Waals surface area (Å²) < 4.78 is 5.84. The Balaban J connectivity index is 2.47. The van der Waals surface area contributed by atoms with Crippen LogP contribution in [0.1, 0.15) is 39.2 Å². The molecule has 2 nitrogen and oxygen atoms in total. The molecule has 2 heteroatoms. The molecule has 1 N–H and O–H groups in total. The fraction of sp³-hybridized carbons (Fsp3) is 0.600. The average Bonchev–Trinajstić information content (AvgIpc) is 2.38. The highest BCUT2D eigenvalue weighted by Crippen LogP contribution is 2.16. The van der Waals surface area contributed by atoms with Crippen LogP contribution in [0, 0.1) is 5.92 Å². The molecule has 0 amide bonds. The van der Waals surface area contributed by atoms with E-state index in [4.69, 9.17) is 4.74 Å². The van der Waals surface area contributed by atoms with E-state index in [1.165, 1.54) is 18.4 Å². The molecule has 0 saturated carbocycles. The van der Waals surface area contributed by atoms with Crippen molar-refractivity contribution in [3.63, 3.8) is 0 Å². The molecular weight excluding hydrogens is 210 g/mol. The molecular formula is C15H25NO. The first-order valence-corrected chi connectivity index (χ1v) is 6.72. The summed E-state index contributed by atoms with van der Waals surface area (Å²) in [5.41, 5.74) is 1.29. The van der Waals surface area contributed by atoms with Gasteiger partial charge in [-0.25, -0.2) is 0 Å². The van der Waals surface area contributed by atoms with Crippen LogP contribution in [0.2, 0.25) is 0 Å². The third-order valence-corrected chi connectivity index (χ3v) is 3.12. The van der Waals surface area contributed by atoms with E-state index in [1.54, 1.807) is 0 Å². The standard InChI is InChI=1S/C15H25NO/c1-4-13(5-2)12-17-15-9-7-8-14(10-15)11-16-6-3/h7-10,13,16H,4-6,11-12H2,1-3H3. The molecule has 0 aliphatic heterocycles. The molecule has 0 aliphatic rings. The van der Waals surface area contributed by atoms with Gasteiger partial charge in [0, 0.05) is 6.54 Å². The smallest absolute Gasteiger partial charge is 0.119 e. The maximum Gasteiger partial charge on any atom is 0.119 e. The van der Waals surface area contributed by atoms with E-state index in [0.29, 0.717) is 5.92 Å². The summed E-state index contributed by atoms with van der Waals surface area (Å²) in [6.45, 7) is 9.31. The molecule has 0 unspecified atom stereocenters. The van der Waals surface area contributed by atoms with Crippen LogP contribution >= 0.6 is 0 Å². The molecule has 1 rings (SSSR count). The van der Waals surface area contributed by atoms with Crippen molar-refractivity contribution in [1.82, 2.24) is 5.32 Å². The van der Waals surface area contributed by atoms with Crippen molar-refractivity contribution in [2.24, 2.45) is 5.92 Å².